The first-order valence-corrected chi connectivity index (χ1v) is 9.59. The number of para-hydroxylation sites is 1. The lowest BCUT2D eigenvalue weighted by Gasteiger charge is -2.28. The van der Waals surface area contributed by atoms with Gasteiger partial charge in [0.1, 0.15) is 12.2 Å². The number of halogens is 1. The molecule has 0 aliphatic carbocycles. The number of rotatable bonds is 8. The Morgan fingerprint density at radius 3 is 2.70 bits per heavy atom. The zero-order valence-electron chi connectivity index (χ0n) is 17.1. The van der Waals surface area contributed by atoms with Crippen molar-refractivity contribution in [3.63, 3.8) is 0 Å². The van der Waals surface area contributed by atoms with Gasteiger partial charge in [0.15, 0.2) is 0 Å². The van der Waals surface area contributed by atoms with Crippen LogP contribution in [0.3, 0.4) is 0 Å². The zero-order valence-corrected chi connectivity index (χ0v) is 17.1. The van der Waals surface area contributed by atoms with E-state index in [0.717, 1.165) is 4.68 Å². The second-order valence-electron chi connectivity index (χ2n) is 7.85. The quantitative estimate of drug-likeness (QED) is 0.634. The predicted molar refractivity (Wildman–Crippen MR) is 105 cm³/mol. The molecule has 1 fully saturated rings. The summed E-state index contributed by atoms with van der Waals surface area (Å²) in [6.07, 6.45) is -1.52. The molecule has 2 atom stereocenters. The summed E-state index contributed by atoms with van der Waals surface area (Å²) in [5.41, 5.74) is -0.0439. The molecule has 3 rings (SSSR count). The van der Waals surface area contributed by atoms with Crippen LogP contribution in [0.25, 0.3) is 5.69 Å². The van der Waals surface area contributed by atoms with E-state index in [9.17, 15) is 18.8 Å². The Morgan fingerprint density at radius 1 is 1.33 bits per heavy atom. The molecule has 1 amide bonds. The largest absolute Gasteiger partial charge is 0.442 e. The van der Waals surface area contributed by atoms with Crippen LogP contribution in [0.2, 0.25) is 0 Å². The normalized spacial score (nSPS) is 19.3. The molecule has 2 aromatic rings. The first-order valence-electron chi connectivity index (χ1n) is 9.59. The van der Waals surface area contributed by atoms with Gasteiger partial charge in [0.25, 0.3) is 5.89 Å². The zero-order chi connectivity index (χ0) is 21.9. The number of amides is 1. The number of ether oxygens (including phenoxy) is 1. The van der Waals surface area contributed by atoms with Gasteiger partial charge in [0.2, 0.25) is 11.7 Å². The van der Waals surface area contributed by atoms with E-state index >= 15 is 0 Å². The fourth-order valence-electron chi connectivity index (χ4n) is 3.39. The maximum absolute atomic E-state index is 14.1. The lowest BCUT2D eigenvalue weighted by atomic mass is 10.1. The molecule has 30 heavy (non-hydrogen) atoms. The average Bonchev–Trinajstić information content (AvgIpc) is 3.29. The first kappa shape index (κ1) is 21.8. The molecule has 1 aromatic heterocycles. The van der Waals surface area contributed by atoms with Crippen molar-refractivity contribution in [3.05, 3.63) is 46.8 Å². The number of nitrogens with one attached hydrogen (secondary N) is 1. The van der Waals surface area contributed by atoms with Crippen LogP contribution < -0.4 is 11.1 Å². The number of hydrogen-bond donors (Lipinski definition) is 1. The van der Waals surface area contributed by atoms with E-state index in [-0.39, 0.29) is 19.5 Å². The van der Waals surface area contributed by atoms with Gasteiger partial charge < -0.3 is 19.4 Å². The monoisotopic (exact) mass is 420 g/mol. The molecule has 0 saturated carbocycles. The summed E-state index contributed by atoms with van der Waals surface area (Å²) in [4.78, 5) is 38.9. The number of hydrogen-bond acceptors (Lipinski definition) is 7. The third-order valence-electron chi connectivity index (χ3n) is 4.86. The maximum atomic E-state index is 14.1. The molecule has 1 aliphatic heterocycles. The number of nitrogens with zero attached hydrogens (tertiary/aromatic N) is 3. The van der Waals surface area contributed by atoms with Crippen molar-refractivity contribution < 1.29 is 23.1 Å². The van der Waals surface area contributed by atoms with E-state index < -0.39 is 41.1 Å². The minimum absolute atomic E-state index is 0.0880. The highest BCUT2D eigenvalue weighted by Gasteiger charge is 2.42. The van der Waals surface area contributed by atoms with E-state index in [1.807, 2.05) is 13.8 Å². The highest BCUT2D eigenvalue weighted by molar-refractivity contribution is 5.99. The van der Waals surface area contributed by atoms with E-state index in [0.29, 0.717) is 12.3 Å². The highest BCUT2D eigenvalue weighted by atomic mass is 19.1. The lowest BCUT2D eigenvalue weighted by Crippen LogP contribution is -2.51. The number of benzene rings is 1. The molecule has 1 aromatic carbocycles. The highest BCUT2D eigenvalue weighted by Crippen LogP contribution is 2.23. The number of methoxy groups -OCH3 is 1. The number of carbonyl (C=O) groups is 2. The summed E-state index contributed by atoms with van der Waals surface area (Å²) in [5, 5.41) is 6.99. The molecule has 0 unspecified atom stereocenters. The molecular formula is C20H25FN4O5. The summed E-state index contributed by atoms with van der Waals surface area (Å²) < 4.78 is 25.2. The van der Waals surface area contributed by atoms with Gasteiger partial charge in [-0.1, -0.05) is 18.2 Å². The lowest BCUT2D eigenvalue weighted by molar-refractivity contribution is -0.131. The van der Waals surface area contributed by atoms with Crippen LogP contribution in [0.1, 0.15) is 31.0 Å². The maximum Gasteiger partial charge on any atom is 0.442 e. The van der Waals surface area contributed by atoms with E-state index in [4.69, 9.17) is 9.15 Å². The minimum Gasteiger partial charge on any atom is -0.384 e. The van der Waals surface area contributed by atoms with Crippen molar-refractivity contribution in [1.82, 2.24) is 20.0 Å². The van der Waals surface area contributed by atoms with Gasteiger partial charge in [-0.15, -0.1) is 5.10 Å². The molecule has 1 saturated heterocycles. The fourth-order valence-corrected chi connectivity index (χ4v) is 3.39. The van der Waals surface area contributed by atoms with Gasteiger partial charge in [-0.2, -0.15) is 4.68 Å². The average molecular weight is 420 g/mol. The topological polar surface area (TPSA) is 107 Å². The van der Waals surface area contributed by atoms with E-state index in [1.54, 1.807) is 37.4 Å². The number of alkyl halides is 1. The van der Waals surface area contributed by atoms with Gasteiger partial charge in [-0.3, -0.25) is 9.59 Å². The van der Waals surface area contributed by atoms with Gasteiger partial charge in [0.05, 0.1) is 25.4 Å². The van der Waals surface area contributed by atoms with Gasteiger partial charge in [0, 0.05) is 19.1 Å². The SMILES string of the molecule is COCC(C)(C)NCC(=O)N1C[C@@H](F)C[C@H]1C(=O)c1nn(-c2ccccc2)c(=O)o1. The summed E-state index contributed by atoms with van der Waals surface area (Å²) >= 11 is 0. The van der Waals surface area contributed by atoms with Crippen LogP contribution >= 0.6 is 0 Å². The molecule has 0 radical (unpaired) electrons. The predicted octanol–water partition coefficient (Wildman–Crippen LogP) is 0.962. The molecule has 2 heterocycles. The molecule has 9 nitrogen and oxygen atoms in total. The fraction of sp³-hybridized carbons (Fsp3) is 0.500. The van der Waals surface area contributed by atoms with E-state index in [1.165, 1.54) is 4.90 Å². The van der Waals surface area contributed by atoms with Crippen LogP contribution in [0, 0.1) is 0 Å². The Morgan fingerprint density at radius 2 is 2.03 bits per heavy atom. The van der Waals surface area contributed by atoms with E-state index in [2.05, 4.69) is 10.4 Å². The van der Waals surface area contributed by atoms with Crippen LogP contribution in [-0.4, -0.2) is 70.9 Å². The number of aromatic nitrogens is 2. The Balaban J connectivity index is 1.76. The van der Waals surface area contributed by atoms with Crippen molar-refractivity contribution in [1.29, 1.82) is 0 Å². The standard InChI is InChI=1S/C20H25FN4O5/c1-20(2,12-29-3)22-10-16(26)24-11-13(21)9-15(24)17(27)18-23-25(19(28)30-18)14-7-5-4-6-8-14/h4-8,13,15,22H,9-12H2,1-3H3/t13-,15-/m0/s1. The van der Waals surface area contributed by atoms with Crippen molar-refractivity contribution in [3.8, 4) is 5.69 Å². The van der Waals surface area contributed by atoms with Gasteiger partial charge >= 0.3 is 5.76 Å². The Labute approximate surface area is 172 Å². The minimum atomic E-state index is -1.35. The molecule has 0 bridgehead atoms. The smallest absolute Gasteiger partial charge is 0.384 e. The van der Waals surface area contributed by atoms with Gasteiger partial charge in [-0.25, -0.2) is 9.18 Å². The Kier molecular flexibility index (Phi) is 6.47. The number of likely N-dealkylation sites (tertiary alicyclic amines) is 1. The summed E-state index contributed by atoms with van der Waals surface area (Å²) in [5.74, 6) is -2.41. The molecule has 1 aliphatic rings. The second-order valence-corrected chi connectivity index (χ2v) is 7.85. The Hall–Kier alpha value is -2.85. The first-order chi connectivity index (χ1) is 14.2. The summed E-state index contributed by atoms with van der Waals surface area (Å²) in [7, 11) is 1.55. The third kappa shape index (κ3) is 4.82. The van der Waals surface area contributed by atoms with Crippen molar-refractivity contribution in [2.24, 2.45) is 0 Å². The molecule has 0 spiro atoms. The number of ketones is 1. The van der Waals surface area contributed by atoms with Crippen LogP contribution in [0.15, 0.2) is 39.5 Å². The van der Waals surface area contributed by atoms with Crippen LogP contribution in [-0.2, 0) is 9.53 Å². The summed E-state index contributed by atoms with van der Waals surface area (Å²) in [6, 6.07) is 7.37. The van der Waals surface area contributed by atoms with Crippen LogP contribution in [0.4, 0.5) is 4.39 Å². The number of carbonyl (C=O) groups excluding carboxylic acids is 2. The number of Topliss-reactive ketones (excluding diaryl/α,β-unsaturated/α-hetero) is 1. The van der Waals surface area contributed by atoms with Crippen molar-refractivity contribution in [2.45, 2.75) is 38.0 Å². The van der Waals surface area contributed by atoms with Gasteiger partial charge in [-0.05, 0) is 26.0 Å². The van der Waals surface area contributed by atoms with Crippen LogP contribution in [0.5, 0.6) is 0 Å². The Bertz CT molecular complexity index is 956. The summed E-state index contributed by atoms with van der Waals surface area (Å²) in [6.45, 7) is 3.80. The third-order valence-corrected chi connectivity index (χ3v) is 4.86. The molecule has 10 heteroatoms. The molecular weight excluding hydrogens is 395 g/mol. The molecule has 162 valence electrons. The van der Waals surface area contributed by atoms with Crippen molar-refractivity contribution in [2.75, 3.05) is 26.8 Å². The molecule has 1 N–H and O–H groups in total. The second kappa shape index (κ2) is 8.88. The van der Waals surface area contributed by atoms with Crippen molar-refractivity contribution >= 4 is 11.7 Å².